The number of anilines is 1. The summed E-state index contributed by atoms with van der Waals surface area (Å²) in [6, 6.07) is 3.48. The number of hydrogen-bond acceptors (Lipinski definition) is 4. The Kier molecular flexibility index (Phi) is 5.09. The number of nitrogens with two attached hydrogens (primary N) is 1. The SMILES string of the molecule is CCN(C(=O)c1ccnc(N)c1)C(C)CN(C)C. The molecule has 0 spiro atoms. The minimum Gasteiger partial charge on any atom is -0.384 e. The fourth-order valence-electron chi connectivity index (χ4n) is 2.03. The Balaban J connectivity index is 2.85. The zero-order chi connectivity index (χ0) is 13.7. The van der Waals surface area contributed by atoms with E-state index in [0.717, 1.165) is 6.54 Å². The zero-order valence-electron chi connectivity index (χ0n) is 11.6. The van der Waals surface area contributed by atoms with Crippen LogP contribution in [0.25, 0.3) is 0 Å². The highest BCUT2D eigenvalue weighted by Crippen LogP contribution is 2.10. The first-order valence-electron chi connectivity index (χ1n) is 6.13. The molecule has 0 aromatic carbocycles. The summed E-state index contributed by atoms with van der Waals surface area (Å²) < 4.78 is 0. The van der Waals surface area contributed by atoms with Crippen molar-refractivity contribution in [1.29, 1.82) is 0 Å². The fourth-order valence-corrected chi connectivity index (χ4v) is 2.03. The Hall–Kier alpha value is -1.62. The van der Waals surface area contributed by atoms with E-state index in [4.69, 9.17) is 5.73 Å². The third kappa shape index (κ3) is 3.70. The average Bonchev–Trinajstić information content (AvgIpc) is 2.28. The summed E-state index contributed by atoms with van der Waals surface area (Å²) in [6.07, 6.45) is 1.56. The van der Waals surface area contributed by atoms with Crippen LogP contribution in [0, 0.1) is 0 Å². The van der Waals surface area contributed by atoms with Gasteiger partial charge in [0.25, 0.3) is 5.91 Å². The van der Waals surface area contributed by atoms with E-state index in [-0.39, 0.29) is 11.9 Å². The topological polar surface area (TPSA) is 62.5 Å². The number of nitrogens with zero attached hydrogens (tertiary/aromatic N) is 3. The summed E-state index contributed by atoms with van der Waals surface area (Å²) in [5.74, 6) is 0.373. The Labute approximate surface area is 109 Å². The van der Waals surface area contributed by atoms with E-state index in [1.165, 1.54) is 0 Å². The number of rotatable bonds is 5. The van der Waals surface area contributed by atoms with Gasteiger partial charge in [-0.3, -0.25) is 4.79 Å². The van der Waals surface area contributed by atoms with E-state index in [1.54, 1.807) is 18.3 Å². The minimum absolute atomic E-state index is 0.000880. The van der Waals surface area contributed by atoms with E-state index in [2.05, 4.69) is 9.88 Å². The number of pyridine rings is 1. The molecule has 1 amide bonds. The standard InChI is InChI=1S/C13H22N4O/c1-5-17(10(2)9-16(3)4)13(18)11-6-7-15-12(14)8-11/h6-8,10H,5,9H2,1-4H3,(H2,14,15). The number of likely N-dealkylation sites (N-methyl/N-ethyl adjacent to an activating group) is 2. The number of nitrogen functional groups attached to an aromatic ring is 1. The van der Waals surface area contributed by atoms with Gasteiger partial charge in [0.2, 0.25) is 0 Å². The van der Waals surface area contributed by atoms with E-state index >= 15 is 0 Å². The Bertz CT molecular complexity index is 406. The predicted octanol–water partition coefficient (Wildman–Crippen LogP) is 1.08. The fraction of sp³-hybridized carbons (Fsp3) is 0.538. The highest BCUT2D eigenvalue weighted by molar-refractivity contribution is 5.94. The van der Waals surface area contributed by atoms with Crippen LogP contribution in [-0.4, -0.2) is 53.9 Å². The van der Waals surface area contributed by atoms with Gasteiger partial charge < -0.3 is 15.5 Å². The van der Waals surface area contributed by atoms with Crippen molar-refractivity contribution in [3.8, 4) is 0 Å². The maximum Gasteiger partial charge on any atom is 0.254 e. The highest BCUT2D eigenvalue weighted by Gasteiger charge is 2.20. The lowest BCUT2D eigenvalue weighted by molar-refractivity contribution is 0.0679. The summed E-state index contributed by atoms with van der Waals surface area (Å²) in [6.45, 7) is 5.54. The van der Waals surface area contributed by atoms with Gasteiger partial charge in [-0.2, -0.15) is 0 Å². The van der Waals surface area contributed by atoms with Crippen molar-refractivity contribution >= 4 is 11.7 Å². The van der Waals surface area contributed by atoms with E-state index in [0.29, 0.717) is 17.9 Å². The molecule has 2 N–H and O–H groups in total. The average molecular weight is 250 g/mol. The summed E-state index contributed by atoms with van der Waals surface area (Å²) >= 11 is 0. The van der Waals surface area contributed by atoms with Gasteiger partial charge in [0.1, 0.15) is 5.82 Å². The molecule has 5 heteroatoms. The lowest BCUT2D eigenvalue weighted by atomic mass is 10.2. The molecule has 1 heterocycles. The van der Waals surface area contributed by atoms with Gasteiger partial charge in [-0.15, -0.1) is 0 Å². The van der Waals surface area contributed by atoms with Crippen LogP contribution in [-0.2, 0) is 0 Å². The molecule has 1 aromatic heterocycles. The lowest BCUT2D eigenvalue weighted by Crippen LogP contribution is -2.43. The molecule has 1 unspecified atom stereocenters. The molecule has 0 radical (unpaired) electrons. The van der Waals surface area contributed by atoms with Gasteiger partial charge in [0.15, 0.2) is 0 Å². The first-order chi connectivity index (χ1) is 8.45. The van der Waals surface area contributed by atoms with Crippen LogP contribution < -0.4 is 5.73 Å². The molecule has 0 saturated carbocycles. The van der Waals surface area contributed by atoms with Gasteiger partial charge in [-0.1, -0.05) is 0 Å². The number of carbonyl (C=O) groups is 1. The van der Waals surface area contributed by atoms with Crippen LogP contribution in [0.1, 0.15) is 24.2 Å². The first kappa shape index (κ1) is 14.4. The highest BCUT2D eigenvalue weighted by atomic mass is 16.2. The van der Waals surface area contributed by atoms with Crippen molar-refractivity contribution in [2.24, 2.45) is 0 Å². The number of aromatic nitrogens is 1. The molecular formula is C13H22N4O. The Morgan fingerprint density at radius 3 is 2.67 bits per heavy atom. The van der Waals surface area contributed by atoms with Crippen LogP contribution in [0.4, 0.5) is 5.82 Å². The van der Waals surface area contributed by atoms with Crippen molar-refractivity contribution < 1.29 is 4.79 Å². The molecule has 18 heavy (non-hydrogen) atoms. The second kappa shape index (κ2) is 6.35. The molecule has 0 saturated heterocycles. The molecule has 5 nitrogen and oxygen atoms in total. The van der Waals surface area contributed by atoms with Crippen molar-refractivity contribution in [2.45, 2.75) is 19.9 Å². The van der Waals surface area contributed by atoms with Crippen molar-refractivity contribution in [1.82, 2.24) is 14.8 Å². The molecule has 0 bridgehead atoms. The van der Waals surface area contributed by atoms with E-state index in [9.17, 15) is 4.79 Å². The molecule has 0 aliphatic rings. The molecule has 100 valence electrons. The Morgan fingerprint density at radius 1 is 1.50 bits per heavy atom. The molecule has 0 aliphatic carbocycles. The van der Waals surface area contributed by atoms with Gasteiger partial charge in [0, 0.05) is 30.9 Å². The summed E-state index contributed by atoms with van der Waals surface area (Å²) in [4.78, 5) is 20.2. The van der Waals surface area contributed by atoms with Crippen molar-refractivity contribution in [3.63, 3.8) is 0 Å². The molecule has 1 atom stereocenters. The lowest BCUT2D eigenvalue weighted by Gasteiger charge is -2.30. The quantitative estimate of drug-likeness (QED) is 0.849. The molecule has 0 fully saturated rings. The minimum atomic E-state index is 0.000880. The third-order valence-corrected chi connectivity index (χ3v) is 2.79. The maximum atomic E-state index is 12.4. The summed E-state index contributed by atoms with van der Waals surface area (Å²) in [5, 5.41) is 0. The van der Waals surface area contributed by atoms with Crippen LogP contribution >= 0.6 is 0 Å². The molecule has 1 rings (SSSR count). The third-order valence-electron chi connectivity index (χ3n) is 2.79. The smallest absolute Gasteiger partial charge is 0.254 e. The second-order valence-electron chi connectivity index (χ2n) is 4.67. The van der Waals surface area contributed by atoms with Gasteiger partial charge in [0.05, 0.1) is 0 Å². The second-order valence-corrected chi connectivity index (χ2v) is 4.67. The first-order valence-corrected chi connectivity index (χ1v) is 6.13. The summed E-state index contributed by atoms with van der Waals surface area (Å²) in [7, 11) is 4.00. The number of amides is 1. The maximum absolute atomic E-state index is 12.4. The number of hydrogen-bond donors (Lipinski definition) is 1. The van der Waals surface area contributed by atoms with Crippen LogP contribution in [0.2, 0.25) is 0 Å². The monoisotopic (exact) mass is 250 g/mol. The van der Waals surface area contributed by atoms with Crippen molar-refractivity contribution in [2.75, 3.05) is 32.9 Å². The van der Waals surface area contributed by atoms with Crippen LogP contribution in [0.5, 0.6) is 0 Å². The van der Waals surface area contributed by atoms with Crippen LogP contribution in [0.15, 0.2) is 18.3 Å². The molecule has 0 aliphatic heterocycles. The largest absolute Gasteiger partial charge is 0.384 e. The summed E-state index contributed by atoms with van der Waals surface area (Å²) in [5.41, 5.74) is 6.20. The van der Waals surface area contributed by atoms with E-state index < -0.39 is 0 Å². The molecular weight excluding hydrogens is 228 g/mol. The van der Waals surface area contributed by atoms with Gasteiger partial charge >= 0.3 is 0 Å². The zero-order valence-corrected chi connectivity index (χ0v) is 11.6. The number of carbonyl (C=O) groups excluding carboxylic acids is 1. The van der Waals surface area contributed by atoms with Gasteiger partial charge in [-0.25, -0.2) is 4.98 Å². The normalized spacial score (nSPS) is 12.5. The van der Waals surface area contributed by atoms with Crippen LogP contribution in [0.3, 0.4) is 0 Å². The van der Waals surface area contributed by atoms with Gasteiger partial charge in [-0.05, 0) is 40.1 Å². The molecule has 1 aromatic rings. The predicted molar refractivity (Wildman–Crippen MR) is 73.4 cm³/mol. The Morgan fingerprint density at radius 2 is 2.17 bits per heavy atom. The van der Waals surface area contributed by atoms with E-state index in [1.807, 2.05) is 32.8 Å². The van der Waals surface area contributed by atoms with Crippen molar-refractivity contribution in [3.05, 3.63) is 23.9 Å².